The van der Waals surface area contributed by atoms with Gasteiger partial charge in [0.05, 0.1) is 6.07 Å². The molecule has 1 aromatic heterocycles. The number of amides is 2. The number of nitrogens with zero attached hydrogens (tertiary/aromatic N) is 3. The third-order valence-electron chi connectivity index (χ3n) is 5.66. The second-order valence-electron chi connectivity index (χ2n) is 7.73. The van der Waals surface area contributed by atoms with Crippen LogP contribution >= 0.6 is 0 Å². The van der Waals surface area contributed by atoms with Crippen LogP contribution in [-0.4, -0.2) is 47.8 Å². The number of furan rings is 1. The van der Waals surface area contributed by atoms with Crippen LogP contribution in [-0.2, 0) is 6.42 Å². The summed E-state index contributed by atoms with van der Waals surface area (Å²) in [7, 11) is 0. The van der Waals surface area contributed by atoms with Crippen LogP contribution in [0.5, 0.6) is 0 Å². The molecule has 2 amide bonds. The molecule has 9 nitrogen and oxygen atoms in total. The number of anilines is 2. The van der Waals surface area contributed by atoms with Gasteiger partial charge in [-0.05, 0) is 54.4 Å². The number of rotatable bonds is 6. The van der Waals surface area contributed by atoms with E-state index in [0.29, 0.717) is 37.4 Å². The molecule has 9 heteroatoms. The molecule has 33 heavy (non-hydrogen) atoms. The molecule has 0 radical (unpaired) electrons. The number of aryl methyl sites for hydroxylation is 1. The second-order valence-corrected chi connectivity index (χ2v) is 7.73. The van der Waals surface area contributed by atoms with Gasteiger partial charge in [-0.3, -0.25) is 19.7 Å². The van der Waals surface area contributed by atoms with Gasteiger partial charge in [0.25, 0.3) is 11.8 Å². The maximum atomic E-state index is 12.8. The largest absolute Gasteiger partial charge is 0.433 e. The van der Waals surface area contributed by atoms with E-state index >= 15 is 0 Å². The molecule has 0 saturated carbocycles. The highest BCUT2D eigenvalue weighted by molar-refractivity contribution is 6.02. The van der Waals surface area contributed by atoms with Crippen molar-refractivity contribution >= 4 is 29.1 Å². The van der Waals surface area contributed by atoms with Crippen molar-refractivity contribution in [3.8, 4) is 0 Å². The van der Waals surface area contributed by atoms with Crippen LogP contribution in [0.15, 0.2) is 65.1 Å². The molecule has 1 saturated heterocycles. The summed E-state index contributed by atoms with van der Waals surface area (Å²) in [5.74, 6) is -1.12. The summed E-state index contributed by atoms with van der Waals surface area (Å²) in [5, 5.41) is 13.4. The van der Waals surface area contributed by atoms with Crippen LogP contribution in [0.4, 0.5) is 17.3 Å². The molecule has 0 bridgehead atoms. The van der Waals surface area contributed by atoms with Gasteiger partial charge in [-0.15, -0.1) is 0 Å². The first kappa shape index (κ1) is 22.1. The Morgan fingerprint density at radius 3 is 2.21 bits per heavy atom. The van der Waals surface area contributed by atoms with E-state index in [1.807, 2.05) is 41.3 Å². The molecule has 2 aromatic carbocycles. The monoisotopic (exact) mass is 448 g/mol. The summed E-state index contributed by atoms with van der Waals surface area (Å²) in [5.41, 5.74) is 3.46. The number of hydrogen-bond acceptors (Lipinski definition) is 6. The van der Waals surface area contributed by atoms with Crippen molar-refractivity contribution in [3.05, 3.63) is 87.7 Å². The Hall–Kier alpha value is -4.14. The van der Waals surface area contributed by atoms with E-state index in [4.69, 9.17) is 4.42 Å². The summed E-state index contributed by atoms with van der Waals surface area (Å²) in [6.07, 6.45) is 0.945. The number of nitrogens with one attached hydrogen (secondary N) is 1. The molecule has 1 fully saturated rings. The normalized spacial score (nSPS) is 13.6. The zero-order chi connectivity index (χ0) is 23.4. The number of nitro groups is 1. The minimum atomic E-state index is -0.694. The third kappa shape index (κ3) is 5.03. The highest BCUT2D eigenvalue weighted by Gasteiger charge is 2.22. The smallest absolute Gasteiger partial charge is 0.395 e. The third-order valence-corrected chi connectivity index (χ3v) is 5.66. The van der Waals surface area contributed by atoms with E-state index in [2.05, 4.69) is 17.1 Å². The van der Waals surface area contributed by atoms with Gasteiger partial charge in [0.2, 0.25) is 0 Å². The fraction of sp³-hybridized carbons (Fsp3) is 0.250. The Bertz CT molecular complexity index is 1150. The average molecular weight is 448 g/mol. The van der Waals surface area contributed by atoms with Crippen LogP contribution in [0.1, 0.15) is 33.4 Å². The van der Waals surface area contributed by atoms with Crippen LogP contribution in [0.2, 0.25) is 0 Å². The van der Waals surface area contributed by atoms with Crippen molar-refractivity contribution in [2.45, 2.75) is 13.3 Å². The van der Waals surface area contributed by atoms with Crippen molar-refractivity contribution in [3.63, 3.8) is 0 Å². The maximum Gasteiger partial charge on any atom is 0.433 e. The first-order valence-electron chi connectivity index (χ1n) is 10.7. The molecular formula is C24H24N4O5. The van der Waals surface area contributed by atoms with Crippen molar-refractivity contribution in [1.82, 2.24) is 4.90 Å². The average Bonchev–Trinajstić information content (AvgIpc) is 3.35. The van der Waals surface area contributed by atoms with Crippen LogP contribution in [0.25, 0.3) is 0 Å². The molecule has 170 valence electrons. The number of carbonyl (C=O) groups excluding carboxylic acids is 2. The van der Waals surface area contributed by atoms with Crippen molar-refractivity contribution < 1.29 is 18.9 Å². The standard InChI is InChI=1S/C24H24N4O5/c1-2-17-3-5-18(6-4-17)24(30)27-15-13-26(14-16-27)20-9-7-19(8-10-20)25-23(29)21-11-12-22(33-21)28(31)32/h3-12H,2,13-16H2,1H3,(H,25,29). The zero-order valence-electron chi connectivity index (χ0n) is 18.2. The van der Waals surface area contributed by atoms with E-state index < -0.39 is 16.7 Å². The first-order chi connectivity index (χ1) is 15.9. The van der Waals surface area contributed by atoms with Gasteiger partial charge >= 0.3 is 5.88 Å². The molecule has 2 heterocycles. The predicted octanol–water partition coefficient (Wildman–Crippen LogP) is 3.96. The predicted molar refractivity (Wildman–Crippen MR) is 124 cm³/mol. The first-order valence-corrected chi connectivity index (χ1v) is 10.7. The highest BCUT2D eigenvalue weighted by atomic mass is 16.6. The molecule has 1 aliphatic heterocycles. The van der Waals surface area contributed by atoms with Gasteiger partial charge in [-0.1, -0.05) is 19.1 Å². The number of piperazine rings is 1. The maximum absolute atomic E-state index is 12.8. The fourth-order valence-electron chi connectivity index (χ4n) is 3.73. The molecule has 0 aliphatic carbocycles. The number of benzene rings is 2. The van der Waals surface area contributed by atoms with Crippen LogP contribution < -0.4 is 10.2 Å². The van der Waals surface area contributed by atoms with E-state index in [1.54, 1.807) is 12.1 Å². The van der Waals surface area contributed by atoms with Crippen LogP contribution in [0, 0.1) is 10.1 Å². The molecule has 1 aliphatic rings. The Labute approximate surface area is 190 Å². The van der Waals surface area contributed by atoms with Gasteiger partial charge in [-0.25, -0.2) is 0 Å². The molecule has 0 unspecified atom stereocenters. The SMILES string of the molecule is CCc1ccc(C(=O)N2CCN(c3ccc(NC(=O)c4ccc([N+](=O)[O-])o4)cc3)CC2)cc1. The number of carbonyl (C=O) groups is 2. The van der Waals surface area contributed by atoms with Crippen molar-refractivity contribution in [2.24, 2.45) is 0 Å². The zero-order valence-corrected chi connectivity index (χ0v) is 18.2. The number of hydrogen-bond donors (Lipinski definition) is 1. The minimum absolute atomic E-state index is 0.0496. The molecule has 1 N–H and O–H groups in total. The topological polar surface area (TPSA) is 109 Å². The summed E-state index contributed by atoms with van der Waals surface area (Å²) in [6, 6.07) is 17.5. The van der Waals surface area contributed by atoms with Gasteiger partial charge in [0, 0.05) is 43.1 Å². The van der Waals surface area contributed by atoms with Gasteiger partial charge in [0.1, 0.15) is 4.92 Å². The van der Waals surface area contributed by atoms with E-state index in [9.17, 15) is 19.7 Å². The highest BCUT2D eigenvalue weighted by Crippen LogP contribution is 2.22. The summed E-state index contributed by atoms with van der Waals surface area (Å²) in [6.45, 7) is 4.76. The Kier molecular flexibility index (Phi) is 6.39. The lowest BCUT2D eigenvalue weighted by Gasteiger charge is -2.36. The quantitative estimate of drug-likeness (QED) is 0.452. The van der Waals surface area contributed by atoms with Gasteiger partial charge in [-0.2, -0.15) is 0 Å². The van der Waals surface area contributed by atoms with E-state index in [1.165, 1.54) is 11.6 Å². The molecule has 0 atom stereocenters. The molecular weight excluding hydrogens is 424 g/mol. The minimum Gasteiger partial charge on any atom is -0.395 e. The lowest BCUT2D eigenvalue weighted by molar-refractivity contribution is -0.402. The summed E-state index contributed by atoms with van der Waals surface area (Å²) < 4.78 is 4.92. The van der Waals surface area contributed by atoms with Crippen LogP contribution in [0.3, 0.4) is 0 Å². The van der Waals surface area contributed by atoms with E-state index in [0.717, 1.165) is 18.2 Å². The lowest BCUT2D eigenvalue weighted by atomic mass is 10.1. The Balaban J connectivity index is 1.31. The van der Waals surface area contributed by atoms with E-state index in [-0.39, 0.29) is 11.7 Å². The lowest BCUT2D eigenvalue weighted by Crippen LogP contribution is -2.48. The van der Waals surface area contributed by atoms with Gasteiger partial charge < -0.3 is 19.5 Å². The van der Waals surface area contributed by atoms with Gasteiger partial charge in [0.15, 0.2) is 5.76 Å². The van der Waals surface area contributed by atoms with Crippen molar-refractivity contribution in [1.29, 1.82) is 0 Å². The van der Waals surface area contributed by atoms with Crippen molar-refractivity contribution in [2.75, 3.05) is 36.4 Å². The Morgan fingerprint density at radius 2 is 1.64 bits per heavy atom. The summed E-state index contributed by atoms with van der Waals surface area (Å²) in [4.78, 5) is 39.0. The fourth-order valence-corrected chi connectivity index (χ4v) is 3.73. The Morgan fingerprint density at radius 1 is 0.970 bits per heavy atom. The second kappa shape index (κ2) is 9.56. The summed E-state index contributed by atoms with van der Waals surface area (Å²) >= 11 is 0. The molecule has 3 aromatic rings. The molecule has 0 spiro atoms. The molecule has 4 rings (SSSR count).